The number of fused-ring (bicyclic) bond motifs is 1. The molecular weight excluding hydrogens is 414 g/mol. The maximum Gasteiger partial charge on any atom is 0.339 e. The smallest absolute Gasteiger partial charge is 0.339 e. The first-order valence-electron chi connectivity index (χ1n) is 9.88. The first-order valence-corrected chi connectivity index (χ1v) is 10.8. The van der Waals surface area contributed by atoms with Crippen molar-refractivity contribution in [3.8, 4) is 0 Å². The molecule has 0 radical (unpaired) electrons. The molecule has 7 nitrogen and oxygen atoms in total. The molecule has 0 aliphatic rings. The Morgan fingerprint density at radius 3 is 2.61 bits per heavy atom. The second-order valence-electron chi connectivity index (χ2n) is 7.11. The third kappa shape index (κ3) is 4.34. The highest BCUT2D eigenvalue weighted by atomic mass is 32.1. The lowest BCUT2D eigenvalue weighted by molar-refractivity contribution is 0.0503. The minimum absolute atomic E-state index is 0.136. The number of rotatable bonds is 7. The van der Waals surface area contributed by atoms with Crippen molar-refractivity contribution >= 4 is 27.5 Å². The van der Waals surface area contributed by atoms with Crippen LogP contribution in [0.5, 0.6) is 0 Å². The fraction of sp³-hybridized carbons (Fsp3) is 0.217. The minimum atomic E-state index is -0.561. The van der Waals surface area contributed by atoms with E-state index in [0.29, 0.717) is 17.7 Å². The molecule has 3 aromatic heterocycles. The van der Waals surface area contributed by atoms with E-state index in [1.807, 2.05) is 48.5 Å². The molecule has 0 amide bonds. The first-order chi connectivity index (χ1) is 15.1. The highest BCUT2D eigenvalue weighted by molar-refractivity contribution is 7.17. The van der Waals surface area contributed by atoms with Crippen LogP contribution < -0.4 is 11.2 Å². The zero-order chi connectivity index (χ0) is 21.8. The number of pyridine rings is 1. The highest BCUT2D eigenvalue weighted by Gasteiger charge is 2.21. The van der Waals surface area contributed by atoms with Crippen LogP contribution in [0, 0.1) is 0 Å². The molecule has 0 N–H and O–H groups in total. The van der Waals surface area contributed by atoms with Crippen molar-refractivity contribution in [1.82, 2.24) is 14.1 Å². The number of thiophene rings is 1. The van der Waals surface area contributed by atoms with Gasteiger partial charge in [0, 0.05) is 24.3 Å². The number of nitrogens with zero attached hydrogens (tertiary/aromatic N) is 3. The van der Waals surface area contributed by atoms with Gasteiger partial charge in [0.1, 0.15) is 4.83 Å². The maximum atomic E-state index is 13.1. The Morgan fingerprint density at radius 1 is 1.10 bits per heavy atom. The lowest BCUT2D eigenvalue weighted by Crippen LogP contribution is -2.39. The number of hydrogen-bond acceptors (Lipinski definition) is 6. The van der Waals surface area contributed by atoms with E-state index in [2.05, 4.69) is 4.98 Å². The van der Waals surface area contributed by atoms with Crippen LogP contribution in [-0.2, 0) is 24.8 Å². The lowest BCUT2D eigenvalue weighted by Gasteiger charge is -2.09. The van der Waals surface area contributed by atoms with Gasteiger partial charge < -0.3 is 4.74 Å². The molecule has 1 aromatic carbocycles. The molecule has 0 spiro atoms. The highest BCUT2D eigenvalue weighted by Crippen LogP contribution is 2.22. The fourth-order valence-electron chi connectivity index (χ4n) is 3.39. The molecule has 0 aliphatic heterocycles. The summed E-state index contributed by atoms with van der Waals surface area (Å²) in [6.45, 7) is 0.355. The molecule has 8 heteroatoms. The van der Waals surface area contributed by atoms with Crippen molar-refractivity contribution in [1.29, 1.82) is 0 Å². The number of ether oxygens (including phenoxy) is 1. The molecule has 31 heavy (non-hydrogen) atoms. The molecular formula is C23H21N3O4S. The zero-order valence-corrected chi connectivity index (χ0v) is 17.8. The van der Waals surface area contributed by atoms with Crippen LogP contribution in [0.2, 0.25) is 0 Å². The first kappa shape index (κ1) is 20.7. The van der Waals surface area contributed by atoms with Gasteiger partial charge in [-0.3, -0.25) is 18.9 Å². The Hall–Kier alpha value is -3.52. The summed E-state index contributed by atoms with van der Waals surface area (Å²) in [5.74, 6) is -0.561. The van der Waals surface area contributed by atoms with Crippen LogP contribution in [0.1, 0.15) is 28.0 Å². The number of hydrogen-bond donors (Lipinski definition) is 0. The molecule has 4 aromatic rings. The number of esters is 1. The Balaban J connectivity index is 1.57. The van der Waals surface area contributed by atoms with E-state index in [1.54, 1.807) is 18.6 Å². The van der Waals surface area contributed by atoms with Gasteiger partial charge in [0.05, 0.1) is 24.1 Å². The summed E-state index contributed by atoms with van der Waals surface area (Å²) >= 11 is 1.19. The molecule has 3 heterocycles. The van der Waals surface area contributed by atoms with Gasteiger partial charge in [-0.15, -0.1) is 11.3 Å². The summed E-state index contributed by atoms with van der Waals surface area (Å²) in [7, 11) is 1.60. The largest absolute Gasteiger partial charge is 0.462 e. The van der Waals surface area contributed by atoms with Crippen LogP contribution >= 0.6 is 11.3 Å². The van der Waals surface area contributed by atoms with E-state index in [4.69, 9.17) is 4.74 Å². The fourth-order valence-corrected chi connectivity index (χ4v) is 4.38. The number of aryl methyl sites for hydroxylation is 2. The normalized spacial score (nSPS) is 11.0. The summed E-state index contributed by atoms with van der Waals surface area (Å²) in [6, 6.07) is 14.9. The van der Waals surface area contributed by atoms with Crippen LogP contribution in [-0.4, -0.2) is 26.7 Å². The van der Waals surface area contributed by atoms with E-state index >= 15 is 0 Å². The summed E-state index contributed by atoms with van der Waals surface area (Å²) in [5.41, 5.74) is 1.05. The summed E-state index contributed by atoms with van der Waals surface area (Å²) in [5, 5.41) is 1.80. The molecule has 0 bridgehead atoms. The molecule has 158 valence electrons. The van der Waals surface area contributed by atoms with Crippen molar-refractivity contribution < 1.29 is 9.53 Å². The SMILES string of the molecule is Cn1c(=O)n(Cc2ccccc2)c(=O)c2c(C(=O)OCCCc3ccccn3)csc21. The van der Waals surface area contributed by atoms with Crippen LogP contribution in [0.3, 0.4) is 0 Å². The second-order valence-corrected chi connectivity index (χ2v) is 7.97. The van der Waals surface area contributed by atoms with Gasteiger partial charge >= 0.3 is 11.7 Å². The van der Waals surface area contributed by atoms with Gasteiger partial charge in [-0.1, -0.05) is 36.4 Å². The second kappa shape index (κ2) is 9.09. The number of carbonyl (C=O) groups is 1. The maximum absolute atomic E-state index is 13.1. The number of benzene rings is 1. The van der Waals surface area contributed by atoms with Gasteiger partial charge in [0.25, 0.3) is 5.56 Å². The topological polar surface area (TPSA) is 83.2 Å². The Labute approximate surface area is 182 Å². The van der Waals surface area contributed by atoms with Crippen molar-refractivity contribution in [2.45, 2.75) is 19.4 Å². The zero-order valence-electron chi connectivity index (χ0n) is 17.0. The van der Waals surface area contributed by atoms with Crippen LogP contribution in [0.25, 0.3) is 10.2 Å². The monoisotopic (exact) mass is 435 g/mol. The summed E-state index contributed by atoms with van der Waals surface area (Å²) in [6.07, 6.45) is 3.04. The number of carbonyl (C=O) groups excluding carboxylic acids is 1. The van der Waals surface area contributed by atoms with Gasteiger partial charge in [0.2, 0.25) is 0 Å². The van der Waals surface area contributed by atoms with Gasteiger partial charge in [-0.05, 0) is 30.5 Å². The third-order valence-electron chi connectivity index (χ3n) is 4.99. The van der Waals surface area contributed by atoms with Crippen LogP contribution in [0.4, 0.5) is 0 Å². The molecule has 0 unspecified atom stereocenters. The standard InChI is InChI=1S/C23H21N3O4S/c1-25-21-19(20(27)26(23(25)29)14-16-8-3-2-4-9-16)18(15-31-21)22(28)30-13-7-11-17-10-5-6-12-24-17/h2-6,8-10,12,15H,7,11,13-14H2,1H3. The van der Waals surface area contributed by atoms with Crippen molar-refractivity contribution in [2.24, 2.45) is 7.05 Å². The van der Waals surface area contributed by atoms with Crippen molar-refractivity contribution in [3.05, 3.63) is 97.8 Å². The quantitative estimate of drug-likeness (QED) is 0.329. The third-order valence-corrected chi connectivity index (χ3v) is 6.05. The Morgan fingerprint density at radius 2 is 1.87 bits per heavy atom. The van der Waals surface area contributed by atoms with Crippen molar-refractivity contribution in [3.63, 3.8) is 0 Å². The molecule has 0 atom stereocenters. The summed E-state index contributed by atoms with van der Waals surface area (Å²) < 4.78 is 7.96. The van der Waals surface area contributed by atoms with Crippen LogP contribution in [0.15, 0.2) is 69.7 Å². The molecule has 0 aliphatic carbocycles. The van der Waals surface area contributed by atoms with Gasteiger partial charge in [0.15, 0.2) is 0 Å². The molecule has 0 saturated heterocycles. The Bertz CT molecular complexity index is 1320. The van der Waals surface area contributed by atoms with E-state index in [0.717, 1.165) is 15.8 Å². The summed E-state index contributed by atoms with van der Waals surface area (Å²) in [4.78, 5) is 43.3. The number of aromatic nitrogens is 3. The average Bonchev–Trinajstić information content (AvgIpc) is 3.25. The molecule has 4 rings (SSSR count). The molecule has 0 saturated carbocycles. The lowest BCUT2D eigenvalue weighted by atomic mass is 10.2. The Kier molecular flexibility index (Phi) is 6.08. The molecule has 0 fully saturated rings. The van der Waals surface area contributed by atoms with Gasteiger partial charge in [-0.2, -0.15) is 0 Å². The van der Waals surface area contributed by atoms with E-state index < -0.39 is 17.2 Å². The van der Waals surface area contributed by atoms with Gasteiger partial charge in [-0.25, -0.2) is 9.59 Å². The predicted molar refractivity (Wildman–Crippen MR) is 120 cm³/mol. The van der Waals surface area contributed by atoms with E-state index in [1.165, 1.54) is 15.9 Å². The minimum Gasteiger partial charge on any atom is -0.462 e. The predicted octanol–water partition coefficient (Wildman–Crippen LogP) is 2.99. The van der Waals surface area contributed by atoms with Crippen molar-refractivity contribution in [2.75, 3.05) is 6.61 Å². The average molecular weight is 436 g/mol. The van der Waals surface area contributed by atoms with E-state index in [9.17, 15) is 14.4 Å². The van der Waals surface area contributed by atoms with E-state index in [-0.39, 0.29) is 24.1 Å².